The van der Waals surface area contributed by atoms with Crippen molar-refractivity contribution in [2.75, 3.05) is 7.05 Å². The summed E-state index contributed by atoms with van der Waals surface area (Å²) in [5, 5.41) is 2.62. The van der Waals surface area contributed by atoms with Crippen LogP contribution >= 0.6 is 0 Å². The first-order valence-electron chi connectivity index (χ1n) is 4.50. The Kier molecular flexibility index (Phi) is 2.04. The smallest absolute Gasteiger partial charge is 0.295 e. The van der Waals surface area contributed by atoms with E-state index in [-0.39, 0.29) is 11.9 Å². The van der Waals surface area contributed by atoms with Crippen LogP contribution in [0.5, 0.6) is 0 Å². The maximum Gasteiger partial charge on any atom is 0.295 e. The van der Waals surface area contributed by atoms with Crippen LogP contribution in [0.3, 0.4) is 0 Å². The number of aliphatic imine (C=N–C) groups is 1. The van der Waals surface area contributed by atoms with Crippen molar-refractivity contribution < 1.29 is 9.37 Å². The molecule has 1 amide bonds. The number of carbonyl (C=O) groups excluding carboxylic acids is 1. The summed E-state index contributed by atoms with van der Waals surface area (Å²) in [4.78, 5) is 15.7. The number of amides is 1. The van der Waals surface area contributed by atoms with Crippen molar-refractivity contribution in [3.8, 4) is 0 Å². The topological polar surface area (TPSA) is 44.5 Å². The quantitative estimate of drug-likeness (QED) is 0.584. The SMILES string of the molecule is CNC(=O)C1=CC=C[N+]2=C(C)N=CC12. The van der Waals surface area contributed by atoms with Gasteiger partial charge in [-0.3, -0.25) is 4.79 Å². The van der Waals surface area contributed by atoms with E-state index in [2.05, 4.69) is 10.3 Å². The lowest BCUT2D eigenvalue weighted by atomic mass is 10.0. The molecule has 2 aliphatic rings. The average Bonchev–Trinajstić information content (AvgIpc) is 2.59. The van der Waals surface area contributed by atoms with Crippen LogP contribution in [0.4, 0.5) is 0 Å². The predicted molar refractivity (Wildman–Crippen MR) is 54.5 cm³/mol. The van der Waals surface area contributed by atoms with Crippen molar-refractivity contribution in [3.05, 3.63) is 23.9 Å². The molecule has 1 atom stereocenters. The lowest BCUT2D eigenvalue weighted by molar-refractivity contribution is -0.467. The number of nitrogens with zero attached hydrogens (tertiary/aromatic N) is 2. The second-order valence-corrected chi connectivity index (χ2v) is 3.22. The van der Waals surface area contributed by atoms with Gasteiger partial charge >= 0.3 is 0 Å². The summed E-state index contributed by atoms with van der Waals surface area (Å²) in [6.45, 7) is 1.92. The molecule has 0 aromatic rings. The van der Waals surface area contributed by atoms with Crippen LogP contribution < -0.4 is 5.32 Å². The highest BCUT2D eigenvalue weighted by Crippen LogP contribution is 2.15. The molecule has 0 bridgehead atoms. The van der Waals surface area contributed by atoms with Gasteiger partial charge in [-0.25, -0.2) is 4.58 Å². The van der Waals surface area contributed by atoms with E-state index >= 15 is 0 Å². The number of likely N-dealkylation sites (N-methyl/N-ethyl adjacent to an activating group) is 1. The highest BCUT2D eigenvalue weighted by molar-refractivity contribution is 6.02. The summed E-state index contributed by atoms with van der Waals surface area (Å²) in [7, 11) is 1.63. The summed E-state index contributed by atoms with van der Waals surface area (Å²) in [5.41, 5.74) is 0.732. The number of hydrogen-bond acceptors (Lipinski definition) is 2. The molecule has 14 heavy (non-hydrogen) atoms. The molecule has 2 heterocycles. The van der Waals surface area contributed by atoms with Gasteiger partial charge in [0.25, 0.3) is 11.7 Å². The highest BCUT2D eigenvalue weighted by Gasteiger charge is 2.33. The van der Waals surface area contributed by atoms with Crippen molar-refractivity contribution in [2.45, 2.75) is 13.0 Å². The summed E-state index contributed by atoms with van der Waals surface area (Å²) < 4.78 is 1.98. The number of amidine groups is 1. The van der Waals surface area contributed by atoms with Gasteiger partial charge < -0.3 is 5.32 Å². The monoisotopic (exact) mass is 190 g/mol. The van der Waals surface area contributed by atoms with Crippen LogP contribution in [0, 0.1) is 0 Å². The van der Waals surface area contributed by atoms with Gasteiger partial charge in [-0.1, -0.05) is 4.99 Å². The molecule has 2 aliphatic heterocycles. The number of hydrogen-bond donors (Lipinski definition) is 1. The molecular weight excluding hydrogens is 178 g/mol. The molecule has 0 aromatic heterocycles. The second-order valence-electron chi connectivity index (χ2n) is 3.22. The van der Waals surface area contributed by atoms with Crippen molar-refractivity contribution in [2.24, 2.45) is 4.99 Å². The van der Waals surface area contributed by atoms with Crippen LogP contribution in [-0.2, 0) is 4.79 Å². The Balaban J connectivity index is 2.38. The third-order valence-corrected chi connectivity index (χ3v) is 2.41. The second kappa shape index (κ2) is 3.21. The van der Waals surface area contributed by atoms with E-state index in [9.17, 15) is 4.79 Å². The van der Waals surface area contributed by atoms with E-state index in [1.807, 2.05) is 29.9 Å². The van der Waals surface area contributed by atoms with E-state index < -0.39 is 0 Å². The molecular formula is C10H12N3O+. The molecule has 0 aliphatic carbocycles. The summed E-state index contributed by atoms with van der Waals surface area (Å²) in [5.74, 6) is 0.867. The minimum absolute atomic E-state index is 0.0278. The van der Waals surface area contributed by atoms with Crippen LogP contribution in [0.15, 0.2) is 28.9 Å². The van der Waals surface area contributed by atoms with Crippen molar-refractivity contribution in [1.29, 1.82) is 0 Å². The number of fused-ring (bicyclic) bond motifs is 1. The number of allylic oxidation sites excluding steroid dienone is 2. The van der Waals surface area contributed by atoms with E-state index in [4.69, 9.17) is 0 Å². The Morgan fingerprint density at radius 2 is 2.43 bits per heavy atom. The molecule has 0 saturated carbocycles. The molecule has 0 saturated heterocycles. The van der Waals surface area contributed by atoms with Crippen LogP contribution in [0.25, 0.3) is 0 Å². The van der Waals surface area contributed by atoms with E-state index in [1.165, 1.54) is 0 Å². The molecule has 4 heteroatoms. The van der Waals surface area contributed by atoms with Crippen molar-refractivity contribution in [3.63, 3.8) is 0 Å². The first kappa shape index (κ1) is 8.87. The van der Waals surface area contributed by atoms with Gasteiger partial charge in [0.1, 0.15) is 0 Å². The van der Waals surface area contributed by atoms with Gasteiger partial charge in [0.15, 0.2) is 12.3 Å². The van der Waals surface area contributed by atoms with Gasteiger partial charge in [0.05, 0.1) is 11.8 Å². The van der Waals surface area contributed by atoms with Gasteiger partial charge in [0.2, 0.25) is 0 Å². The minimum atomic E-state index is -0.0505. The predicted octanol–water partition coefficient (Wildman–Crippen LogP) is 0.0700. The molecule has 72 valence electrons. The minimum Gasteiger partial charge on any atom is -0.355 e. The van der Waals surface area contributed by atoms with Gasteiger partial charge in [0, 0.05) is 14.0 Å². The van der Waals surface area contributed by atoms with E-state index in [1.54, 1.807) is 13.3 Å². The van der Waals surface area contributed by atoms with Crippen LogP contribution in [-0.4, -0.2) is 35.6 Å². The molecule has 2 rings (SSSR count). The van der Waals surface area contributed by atoms with E-state index in [0.29, 0.717) is 0 Å². The van der Waals surface area contributed by atoms with Crippen LogP contribution in [0.2, 0.25) is 0 Å². The number of nitrogens with one attached hydrogen (secondary N) is 1. The van der Waals surface area contributed by atoms with Crippen molar-refractivity contribution >= 4 is 18.0 Å². The zero-order valence-electron chi connectivity index (χ0n) is 8.19. The largest absolute Gasteiger partial charge is 0.355 e. The lowest BCUT2D eigenvalue weighted by Gasteiger charge is -2.13. The molecule has 0 aromatic carbocycles. The standard InChI is InChI=1S/C10H11N3O/c1-7-12-6-9-8(10(14)11-2)4-3-5-13(7)9/h3-6,9H,1-2H3/p+1. The van der Waals surface area contributed by atoms with Crippen molar-refractivity contribution in [1.82, 2.24) is 5.32 Å². The summed E-state index contributed by atoms with van der Waals surface area (Å²) in [6, 6.07) is -0.0278. The Labute approximate surface area is 82.3 Å². The maximum absolute atomic E-state index is 11.5. The lowest BCUT2D eigenvalue weighted by Crippen LogP contribution is -2.34. The molecule has 0 fully saturated rings. The third kappa shape index (κ3) is 1.19. The Morgan fingerprint density at radius 3 is 3.14 bits per heavy atom. The zero-order chi connectivity index (χ0) is 10.1. The Hall–Kier alpha value is -1.71. The average molecular weight is 190 g/mol. The Morgan fingerprint density at radius 1 is 1.64 bits per heavy atom. The number of carbonyl (C=O) groups is 1. The fourth-order valence-electron chi connectivity index (χ4n) is 1.64. The maximum atomic E-state index is 11.5. The normalized spacial score (nSPS) is 23.6. The molecule has 0 radical (unpaired) electrons. The first-order valence-corrected chi connectivity index (χ1v) is 4.50. The number of rotatable bonds is 1. The summed E-state index contributed by atoms with van der Waals surface area (Å²) >= 11 is 0. The highest BCUT2D eigenvalue weighted by atomic mass is 16.1. The van der Waals surface area contributed by atoms with Crippen LogP contribution in [0.1, 0.15) is 6.92 Å². The third-order valence-electron chi connectivity index (χ3n) is 2.41. The van der Waals surface area contributed by atoms with Gasteiger partial charge in [-0.2, -0.15) is 0 Å². The fraction of sp³-hybridized carbons (Fsp3) is 0.300. The molecule has 0 spiro atoms. The molecule has 1 N–H and O–H groups in total. The first-order chi connectivity index (χ1) is 6.74. The van der Waals surface area contributed by atoms with Gasteiger partial charge in [-0.05, 0) is 12.2 Å². The summed E-state index contributed by atoms with van der Waals surface area (Å²) in [6.07, 6.45) is 7.41. The fourth-order valence-corrected chi connectivity index (χ4v) is 1.64. The molecule has 4 nitrogen and oxygen atoms in total. The molecule has 1 unspecified atom stereocenters. The van der Waals surface area contributed by atoms with E-state index in [0.717, 1.165) is 11.4 Å². The zero-order valence-corrected chi connectivity index (χ0v) is 8.19. The van der Waals surface area contributed by atoms with Gasteiger partial charge in [-0.15, -0.1) is 0 Å². The Bertz CT molecular complexity index is 402.